The molecule has 0 aliphatic heterocycles. The average molecular weight is 233 g/mol. The molecule has 2 unspecified atom stereocenters. The number of hydrogen-bond acceptors (Lipinski definition) is 4. The quantitative estimate of drug-likeness (QED) is 0.810. The van der Waals surface area contributed by atoms with Crippen molar-refractivity contribution in [2.24, 2.45) is 0 Å². The molecule has 0 saturated carbocycles. The Morgan fingerprint density at radius 1 is 1.53 bits per heavy atom. The molecular formula is C13H19N3O. The molecule has 0 aromatic carbocycles. The molecule has 17 heavy (non-hydrogen) atoms. The van der Waals surface area contributed by atoms with Gasteiger partial charge in [0.15, 0.2) is 0 Å². The Labute approximate surface area is 103 Å². The maximum Gasteiger partial charge on any atom is 0.0664 e. The van der Waals surface area contributed by atoms with Crippen molar-refractivity contribution in [3.63, 3.8) is 0 Å². The summed E-state index contributed by atoms with van der Waals surface area (Å²) in [5.74, 6) is 0. The molecular weight excluding hydrogens is 214 g/mol. The first-order valence-corrected chi connectivity index (χ1v) is 5.83. The molecule has 4 heteroatoms. The number of aliphatic hydroxyl groups excluding tert-OH is 1. The number of aromatic nitrogens is 1. The maximum absolute atomic E-state index is 9.63. The van der Waals surface area contributed by atoms with E-state index in [-0.39, 0.29) is 6.04 Å². The van der Waals surface area contributed by atoms with Crippen molar-refractivity contribution in [1.29, 1.82) is 5.26 Å². The summed E-state index contributed by atoms with van der Waals surface area (Å²) >= 11 is 0. The monoisotopic (exact) mass is 233 g/mol. The molecule has 0 aliphatic rings. The van der Waals surface area contributed by atoms with Crippen LogP contribution in [0.2, 0.25) is 0 Å². The molecule has 1 heterocycles. The average Bonchev–Trinajstić information content (AvgIpc) is 2.34. The van der Waals surface area contributed by atoms with E-state index in [0.29, 0.717) is 19.5 Å². The van der Waals surface area contributed by atoms with Crippen molar-refractivity contribution in [3.8, 4) is 6.07 Å². The number of rotatable bonds is 6. The normalized spacial score (nSPS) is 14.3. The first-order valence-electron chi connectivity index (χ1n) is 5.83. The largest absolute Gasteiger partial charge is 0.392 e. The van der Waals surface area contributed by atoms with Crippen LogP contribution < -0.4 is 0 Å². The van der Waals surface area contributed by atoms with Gasteiger partial charge in [-0.15, -0.1) is 0 Å². The van der Waals surface area contributed by atoms with Gasteiger partial charge in [-0.25, -0.2) is 0 Å². The summed E-state index contributed by atoms with van der Waals surface area (Å²) in [6.45, 7) is 5.12. The molecule has 0 fully saturated rings. The lowest BCUT2D eigenvalue weighted by atomic mass is 10.1. The Balaban J connectivity index is 2.67. The molecule has 2 atom stereocenters. The summed E-state index contributed by atoms with van der Waals surface area (Å²) in [7, 11) is 0. The van der Waals surface area contributed by atoms with Crippen LogP contribution in [0.1, 0.15) is 25.8 Å². The highest BCUT2D eigenvalue weighted by atomic mass is 16.3. The van der Waals surface area contributed by atoms with Gasteiger partial charge in [-0.2, -0.15) is 5.26 Å². The van der Waals surface area contributed by atoms with E-state index in [1.165, 1.54) is 0 Å². The second-order valence-electron chi connectivity index (χ2n) is 4.22. The van der Waals surface area contributed by atoms with Crippen LogP contribution in [-0.4, -0.2) is 33.7 Å². The van der Waals surface area contributed by atoms with Gasteiger partial charge in [0.25, 0.3) is 0 Å². The highest BCUT2D eigenvalue weighted by Gasteiger charge is 2.18. The predicted octanol–water partition coefficient (Wildman–Crippen LogP) is 1.57. The summed E-state index contributed by atoms with van der Waals surface area (Å²) in [6, 6.07) is 6.06. The van der Waals surface area contributed by atoms with Crippen LogP contribution in [0.15, 0.2) is 24.5 Å². The van der Waals surface area contributed by atoms with E-state index < -0.39 is 6.10 Å². The Morgan fingerprint density at radius 3 is 2.82 bits per heavy atom. The van der Waals surface area contributed by atoms with Crippen molar-refractivity contribution < 1.29 is 5.11 Å². The zero-order chi connectivity index (χ0) is 12.7. The van der Waals surface area contributed by atoms with Gasteiger partial charge in [0.05, 0.1) is 12.2 Å². The van der Waals surface area contributed by atoms with Crippen molar-refractivity contribution in [2.45, 2.75) is 39.0 Å². The van der Waals surface area contributed by atoms with Crippen molar-refractivity contribution in [3.05, 3.63) is 30.1 Å². The third kappa shape index (κ3) is 4.51. The third-order valence-corrected chi connectivity index (χ3v) is 2.89. The second kappa shape index (κ2) is 7.00. The van der Waals surface area contributed by atoms with Crippen LogP contribution >= 0.6 is 0 Å². The third-order valence-electron chi connectivity index (χ3n) is 2.89. The summed E-state index contributed by atoms with van der Waals surface area (Å²) in [5, 5.41) is 18.3. The number of hydrogen-bond donors (Lipinski definition) is 1. The molecule has 0 saturated heterocycles. The molecule has 1 rings (SSSR count). The SMILES string of the molecule is CC(O)C(C)N(CCC#N)Cc1cccnc1. The summed E-state index contributed by atoms with van der Waals surface area (Å²) in [4.78, 5) is 6.17. The number of pyridine rings is 1. The molecule has 0 radical (unpaired) electrons. The van der Waals surface area contributed by atoms with Crippen LogP contribution in [0.25, 0.3) is 0 Å². The van der Waals surface area contributed by atoms with Gasteiger partial charge in [-0.1, -0.05) is 6.07 Å². The highest BCUT2D eigenvalue weighted by Crippen LogP contribution is 2.10. The minimum Gasteiger partial charge on any atom is -0.392 e. The van der Waals surface area contributed by atoms with Crippen LogP contribution in [0.5, 0.6) is 0 Å². The lowest BCUT2D eigenvalue weighted by molar-refractivity contribution is 0.0672. The molecule has 4 nitrogen and oxygen atoms in total. The van der Waals surface area contributed by atoms with E-state index in [9.17, 15) is 5.11 Å². The van der Waals surface area contributed by atoms with Crippen molar-refractivity contribution >= 4 is 0 Å². The lowest BCUT2D eigenvalue weighted by Crippen LogP contribution is -2.40. The summed E-state index contributed by atoms with van der Waals surface area (Å²) in [5.41, 5.74) is 1.10. The smallest absolute Gasteiger partial charge is 0.0664 e. The van der Waals surface area contributed by atoms with Crippen LogP contribution in [0.3, 0.4) is 0 Å². The van der Waals surface area contributed by atoms with E-state index in [1.54, 1.807) is 13.1 Å². The minimum atomic E-state index is -0.412. The fourth-order valence-corrected chi connectivity index (χ4v) is 1.65. The molecule has 0 aliphatic carbocycles. The zero-order valence-electron chi connectivity index (χ0n) is 10.4. The van der Waals surface area contributed by atoms with E-state index in [1.807, 2.05) is 25.3 Å². The first kappa shape index (κ1) is 13.6. The molecule has 92 valence electrons. The Bertz CT molecular complexity index is 359. The second-order valence-corrected chi connectivity index (χ2v) is 4.22. The molecule has 0 amide bonds. The fraction of sp³-hybridized carbons (Fsp3) is 0.538. The molecule has 0 bridgehead atoms. The van der Waals surface area contributed by atoms with Crippen molar-refractivity contribution in [2.75, 3.05) is 6.54 Å². The number of nitrogens with zero attached hydrogens (tertiary/aromatic N) is 3. The van der Waals surface area contributed by atoms with E-state index in [0.717, 1.165) is 5.56 Å². The summed E-state index contributed by atoms with van der Waals surface area (Å²) in [6.07, 6.45) is 3.61. The van der Waals surface area contributed by atoms with Gasteiger partial charge in [0.2, 0.25) is 0 Å². The van der Waals surface area contributed by atoms with Gasteiger partial charge < -0.3 is 5.11 Å². The minimum absolute atomic E-state index is 0.0311. The molecule has 1 aromatic rings. The Morgan fingerprint density at radius 2 is 2.29 bits per heavy atom. The first-order chi connectivity index (χ1) is 8.15. The predicted molar refractivity (Wildman–Crippen MR) is 66.0 cm³/mol. The van der Waals surface area contributed by atoms with Crippen LogP contribution in [-0.2, 0) is 6.54 Å². The number of nitriles is 1. The number of aliphatic hydroxyl groups is 1. The molecule has 0 spiro atoms. The fourth-order valence-electron chi connectivity index (χ4n) is 1.65. The van der Waals surface area contributed by atoms with Gasteiger partial charge in [0, 0.05) is 37.9 Å². The highest BCUT2D eigenvalue weighted by molar-refractivity contribution is 5.08. The topological polar surface area (TPSA) is 60.1 Å². The van der Waals surface area contributed by atoms with Gasteiger partial charge >= 0.3 is 0 Å². The van der Waals surface area contributed by atoms with E-state index in [2.05, 4.69) is 16.0 Å². The van der Waals surface area contributed by atoms with E-state index in [4.69, 9.17) is 5.26 Å². The Hall–Kier alpha value is -1.44. The summed E-state index contributed by atoms with van der Waals surface area (Å²) < 4.78 is 0. The van der Waals surface area contributed by atoms with Gasteiger partial charge in [-0.3, -0.25) is 9.88 Å². The maximum atomic E-state index is 9.63. The van der Waals surface area contributed by atoms with E-state index >= 15 is 0 Å². The molecule has 1 aromatic heterocycles. The molecule has 1 N–H and O–H groups in total. The Kier molecular flexibility index (Phi) is 5.61. The van der Waals surface area contributed by atoms with Crippen LogP contribution in [0.4, 0.5) is 0 Å². The van der Waals surface area contributed by atoms with Crippen molar-refractivity contribution in [1.82, 2.24) is 9.88 Å². The van der Waals surface area contributed by atoms with Crippen LogP contribution in [0, 0.1) is 11.3 Å². The van der Waals surface area contributed by atoms with Gasteiger partial charge in [-0.05, 0) is 25.5 Å². The zero-order valence-corrected chi connectivity index (χ0v) is 10.4. The van der Waals surface area contributed by atoms with Gasteiger partial charge in [0.1, 0.15) is 0 Å². The standard InChI is InChI=1S/C13H19N3O/c1-11(12(2)17)16(8-4-6-14)10-13-5-3-7-15-9-13/h3,5,7,9,11-12,17H,4,8,10H2,1-2H3. The lowest BCUT2D eigenvalue weighted by Gasteiger charge is -2.30.